The van der Waals surface area contributed by atoms with Crippen LogP contribution < -0.4 is 5.32 Å². The van der Waals surface area contributed by atoms with Crippen LogP contribution in [0.5, 0.6) is 0 Å². The number of nitrogens with one attached hydrogen (secondary N) is 2. The summed E-state index contributed by atoms with van der Waals surface area (Å²) >= 11 is 1.71. The summed E-state index contributed by atoms with van der Waals surface area (Å²) in [4.78, 5) is 7.11. The van der Waals surface area contributed by atoms with Crippen molar-refractivity contribution in [1.29, 1.82) is 0 Å². The van der Waals surface area contributed by atoms with E-state index in [4.69, 9.17) is 0 Å². The summed E-state index contributed by atoms with van der Waals surface area (Å²) in [5, 5.41) is 7.48. The summed E-state index contributed by atoms with van der Waals surface area (Å²) in [7, 11) is 0. The molecule has 4 heteroatoms. The molecule has 0 saturated heterocycles. The molecular weight excluding hydrogens is 182 g/mol. The molecule has 13 heavy (non-hydrogen) atoms. The highest BCUT2D eigenvalue weighted by molar-refractivity contribution is 7.07. The van der Waals surface area contributed by atoms with Crippen molar-refractivity contribution < 1.29 is 0 Å². The summed E-state index contributed by atoms with van der Waals surface area (Å²) < 4.78 is 0. The molecule has 2 N–H and O–H groups in total. The zero-order chi connectivity index (χ0) is 9.10. The fraction of sp³-hybridized carbons (Fsp3) is 0.222. The average Bonchev–Trinajstić information content (AvgIpc) is 2.74. The fourth-order valence-corrected chi connectivity index (χ4v) is 1.91. The Balaban J connectivity index is 2.04. The van der Waals surface area contributed by atoms with E-state index in [0.717, 1.165) is 5.95 Å². The van der Waals surface area contributed by atoms with Crippen LogP contribution in [0.2, 0.25) is 0 Å². The van der Waals surface area contributed by atoms with Gasteiger partial charge in [-0.1, -0.05) is 0 Å². The summed E-state index contributed by atoms with van der Waals surface area (Å²) in [6, 6.07) is 2.42. The molecule has 2 aromatic rings. The van der Waals surface area contributed by atoms with Crippen LogP contribution in [0.3, 0.4) is 0 Å². The highest BCUT2D eigenvalue weighted by Crippen LogP contribution is 2.18. The van der Waals surface area contributed by atoms with E-state index in [2.05, 4.69) is 39.0 Å². The molecule has 0 fully saturated rings. The Morgan fingerprint density at radius 2 is 2.54 bits per heavy atom. The maximum atomic E-state index is 4.10. The van der Waals surface area contributed by atoms with Crippen LogP contribution in [0.1, 0.15) is 18.5 Å². The quantitative estimate of drug-likeness (QED) is 0.786. The number of imidazole rings is 1. The number of hydrogen-bond acceptors (Lipinski definition) is 3. The lowest BCUT2D eigenvalue weighted by atomic mass is 10.2. The fourth-order valence-electron chi connectivity index (χ4n) is 1.15. The van der Waals surface area contributed by atoms with Crippen molar-refractivity contribution in [2.45, 2.75) is 13.0 Å². The van der Waals surface area contributed by atoms with Gasteiger partial charge in [0.15, 0.2) is 0 Å². The molecule has 0 radical (unpaired) electrons. The minimum Gasteiger partial charge on any atom is -0.349 e. The third-order valence-electron chi connectivity index (χ3n) is 1.89. The van der Waals surface area contributed by atoms with Crippen LogP contribution in [-0.2, 0) is 0 Å². The van der Waals surface area contributed by atoms with Crippen molar-refractivity contribution in [2.75, 3.05) is 5.32 Å². The second-order valence-electron chi connectivity index (χ2n) is 2.86. The smallest absolute Gasteiger partial charge is 0.200 e. The Kier molecular flexibility index (Phi) is 2.31. The normalized spacial score (nSPS) is 12.7. The number of rotatable bonds is 3. The zero-order valence-electron chi connectivity index (χ0n) is 7.32. The first kappa shape index (κ1) is 8.31. The zero-order valence-corrected chi connectivity index (χ0v) is 8.14. The Hall–Kier alpha value is -1.29. The van der Waals surface area contributed by atoms with Gasteiger partial charge in [-0.15, -0.1) is 0 Å². The van der Waals surface area contributed by atoms with E-state index in [0.29, 0.717) is 6.04 Å². The predicted octanol–water partition coefficient (Wildman–Crippen LogP) is 2.64. The van der Waals surface area contributed by atoms with Crippen LogP contribution in [-0.4, -0.2) is 9.97 Å². The lowest BCUT2D eigenvalue weighted by Crippen LogP contribution is -2.06. The largest absolute Gasteiger partial charge is 0.349 e. The number of thiophene rings is 1. The molecule has 1 unspecified atom stereocenters. The molecule has 0 amide bonds. The molecular formula is C9H11N3S. The number of aromatic amines is 1. The first-order valence-electron chi connectivity index (χ1n) is 4.14. The van der Waals surface area contributed by atoms with Crippen molar-refractivity contribution in [2.24, 2.45) is 0 Å². The second kappa shape index (κ2) is 3.62. The van der Waals surface area contributed by atoms with E-state index in [1.165, 1.54) is 5.56 Å². The first-order chi connectivity index (χ1) is 6.36. The summed E-state index contributed by atoms with van der Waals surface area (Å²) in [5.74, 6) is 0.818. The SMILES string of the molecule is CC(Nc1ncc[nH]1)c1ccsc1. The number of anilines is 1. The first-order valence-corrected chi connectivity index (χ1v) is 5.08. The van der Waals surface area contributed by atoms with Crippen LogP contribution in [0, 0.1) is 0 Å². The van der Waals surface area contributed by atoms with E-state index in [9.17, 15) is 0 Å². The molecule has 0 bridgehead atoms. The Morgan fingerprint density at radius 1 is 1.62 bits per heavy atom. The monoisotopic (exact) mass is 193 g/mol. The molecule has 3 nitrogen and oxygen atoms in total. The van der Waals surface area contributed by atoms with E-state index >= 15 is 0 Å². The van der Waals surface area contributed by atoms with Crippen molar-refractivity contribution in [3.8, 4) is 0 Å². The molecule has 0 aromatic carbocycles. The summed E-state index contributed by atoms with van der Waals surface area (Å²) in [5.41, 5.74) is 1.29. The van der Waals surface area contributed by atoms with Crippen LogP contribution >= 0.6 is 11.3 Å². The Labute approximate surface area is 80.8 Å². The number of hydrogen-bond donors (Lipinski definition) is 2. The Bertz CT molecular complexity index is 339. The third-order valence-corrected chi connectivity index (χ3v) is 2.60. The van der Waals surface area contributed by atoms with Gasteiger partial charge >= 0.3 is 0 Å². The minimum absolute atomic E-state index is 0.303. The van der Waals surface area contributed by atoms with E-state index < -0.39 is 0 Å². The summed E-state index contributed by atoms with van der Waals surface area (Å²) in [6.07, 6.45) is 3.55. The molecule has 68 valence electrons. The van der Waals surface area contributed by atoms with E-state index in [1.54, 1.807) is 17.5 Å². The molecule has 1 atom stereocenters. The van der Waals surface area contributed by atoms with Gasteiger partial charge < -0.3 is 10.3 Å². The molecule has 2 heterocycles. The maximum Gasteiger partial charge on any atom is 0.200 e. The maximum absolute atomic E-state index is 4.10. The van der Waals surface area contributed by atoms with Crippen molar-refractivity contribution in [3.05, 3.63) is 34.8 Å². The average molecular weight is 193 g/mol. The lowest BCUT2D eigenvalue weighted by Gasteiger charge is -2.10. The molecule has 0 aliphatic rings. The van der Waals surface area contributed by atoms with Gasteiger partial charge in [-0.2, -0.15) is 11.3 Å². The lowest BCUT2D eigenvalue weighted by molar-refractivity contribution is 0.872. The second-order valence-corrected chi connectivity index (χ2v) is 3.64. The number of aromatic nitrogens is 2. The number of nitrogens with zero attached hydrogens (tertiary/aromatic N) is 1. The van der Waals surface area contributed by atoms with Crippen LogP contribution in [0.25, 0.3) is 0 Å². The minimum atomic E-state index is 0.303. The molecule has 0 spiro atoms. The number of H-pyrrole nitrogens is 1. The topological polar surface area (TPSA) is 40.7 Å². The van der Waals surface area contributed by atoms with E-state index in [-0.39, 0.29) is 0 Å². The highest BCUT2D eigenvalue weighted by Gasteiger charge is 2.05. The van der Waals surface area contributed by atoms with Crippen LogP contribution in [0.4, 0.5) is 5.95 Å². The standard InChI is InChI=1S/C9H11N3S/c1-7(8-2-5-13-6-8)12-9-10-3-4-11-9/h2-7H,1H3,(H2,10,11,12). The van der Waals surface area contributed by atoms with Gasteiger partial charge in [0.05, 0.1) is 6.04 Å². The van der Waals surface area contributed by atoms with E-state index in [1.807, 2.05) is 6.20 Å². The van der Waals surface area contributed by atoms with Gasteiger partial charge in [-0.25, -0.2) is 4.98 Å². The molecule has 0 aliphatic heterocycles. The van der Waals surface area contributed by atoms with Crippen molar-refractivity contribution in [1.82, 2.24) is 9.97 Å². The van der Waals surface area contributed by atoms with Crippen LogP contribution in [0.15, 0.2) is 29.2 Å². The predicted molar refractivity (Wildman–Crippen MR) is 54.9 cm³/mol. The van der Waals surface area contributed by atoms with Gasteiger partial charge in [0.2, 0.25) is 5.95 Å². The molecule has 0 aliphatic carbocycles. The molecule has 2 aromatic heterocycles. The summed E-state index contributed by atoms with van der Waals surface area (Å²) in [6.45, 7) is 2.12. The highest BCUT2D eigenvalue weighted by atomic mass is 32.1. The van der Waals surface area contributed by atoms with Gasteiger partial charge in [0, 0.05) is 12.4 Å². The Morgan fingerprint density at radius 3 is 3.15 bits per heavy atom. The van der Waals surface area contributed by atoms with Gasteiger partial charge in [0.1, 0.15) is 0 Å². The third kappa shape index (κ3) is 1.89. The molecule has 2 rings (SSSR count). The van der Waals surface area contributed by atoms with Crippen molar-refractivity contribution in [3.63, 3.8) is 0 Å². The van der Waals surface area contributed by atoms with Gasteiger partial charge in [0.25, 0.3) is 0 Å². The van der Waals surface area contributed by atoms with Gasteiger partial charge in [-0.3, -0.25) is 0 Å². The van der Waals surface area contributed by atoms with Crippen molar-refractivity contribution >= 4 is 17.3 Å². The molecule has 0 saturated carbocycles. The van der Waals surface area contributed by atoms with Gasteiger partial charge in [-0.05, 0) is 29.3 Å².